The van der Waals surface area contributed by atoms with Gasteiger partial charge in [-0.05, 0) is 44.4 Å². The van der Waals surface area contributed by atoms with Gasteiger partial charge in [-0.15, -0.1) is 0 Å². The van der Waals surface area contributed by atoms with E-state index >= 15 is 0 Å². The van der Waals surface area contributed by atoms with Crippen LogP contribution in [0, 0.1) is 0 Å². The van der Waals surface area contributed by atoms with Gasteiger partial charge < -0.3 is 15.8 Å². The van der Waals surface area contributed by atoms with E-state index in [1.807, 2.05) is 26.0 Å². The molecule has 0 saturated heterocycles. The molecule has 0 radical (unpaired) electrons. The summed E-state index contributed by atoms with van der Waals surface area (Å²) in [6, 6.07) is 9.11. The van der Waals surface area contributed by atoms with Crippen LogP contribution in [0.2, 0.25) is 0 Å². The Hall–Kier alpha value is -1.06. The van der Waals surface area contributed by atoms with Gasteiger partial charge in [0.05, 0.1) is 6.10 Å². The molecule has 100 valence electrons. The Morgan fingerprint density at radius 3 is 2.56 bits per heavy atom. The molecule has 0 aromatic heterocycles. The first-order valence-electron chi connectivity index (χ1n) is 6.89. The quantitative estimate of drug-likeness (QED) is 0.841. The first kappa shape index (κ1) is 13.4. The molecular formula is C15H24N2O. The lowest BCUT2D eigenvalue weighted by Gasteiger charge is -2.17. The average molecular weight is 248 g/mol. The minimum absolute atomic E-state index is 0.227. The van der Waals surface area contributed by atoms with Gasteiger partial charge in [0.1, 0.15) is 5.75 Å². The molecule has 1 saturated carbocycles. The van der Waals surface area contributed by atoms with Gasteiger partial charge in [0.25, 0.3) is 0 Å². The van der Waals surface area contributed by atoms with Crippen molar-refractivity contribution in [2.75, 3.05) is 0 Å². The molecule has 1 aromatic carbocycles. The van der Waals surface area contributed by atoms with Crippen LogP contribution in [0.5, 0.6) is 5.75 Å². The number of nitrogens with two attached hydrogens (primary N) is 1. The van der Waals surface area contributed by atoms with Gasteiger partial charge in [-0.25, -0.2) is 0 Å². The topological polar surface area (TPSA) is 47.3 Å². The maximum absolute atomic E-state index is 6.04. The molecule has 18 heavy (non-hydrogen) atoms. The third kappa shape index (κ3) is 3.72. The van der Waals surface area contributed by atoms with Crippen LogP contribution in [0.4, 0.5) is 0 Å². The summed E-state index contributed by atoms with van der Waals surface area (Å²) in [6.45, 7) is 4.97. The van der Waals surface area contributed by atoms with Crippen molar-refractivity contribution >= 4 is 0 Å². The Kier molecular flexibility index (Phi) is 4.61. The minimum atomic E-state index is 0.227. The van der Waals surface area contributed by atoms with Crippen LogP contribution in [-0.4, -0.2) is 18.2 Å². The molecule has 2 unspecified atom stereocenters. The second-order valence-corrected chi connectivity index (χ2v) is 5.39. The summed E-state index contributed by atoms with van der Waals surface area (Å²) in [6.07, 6.45) is 3.83. The smallest absolute Gasteiger partial charge is 0.119 e. The zero-order chi connectivity index (χ0) is 13.0. The maximum atomic E-state index is 6.04. The summed E-state index contributed by atoms with van der Waals surface area (Å²) in [5.74, 6) is 0.936. The molecule has 3 N–H and O–H groups in total. The van der Waals surface area contributed by atoms with E-state index in [0.717, 1.165) is 18.7 Å². The van der Waals surface area contributed by atoms with Gasteiger partial charge in [-0.1, -0.05) is 18.6 Å². The fourth-order valence-corrected chi connectivity index (χ4v) is 2.45. The SMILES string of the molecule is CC(C)Oc1ccc(CNC2CCCC2N)cc1. The molecule has 3 nitrogen and oxygen atoms in total. The summed E-state index contributed by atoms with van der Waals surface area (Å²) < 4.78 is 5.62. The van der Waals surface area contributed by atoms with Crippen molar-refractivity contribution in [2.24, 2.45) is 5.73 Å². The molecule has 0 amide bonds. The summed E-state index contributed by atoms with van der Waals surface area (Å²) in [7, 11) is 0. The van der Waals surface area contributed by atoms with E-state index in [4.69, 9.17) is 10.5 Å². The molecule has 3 heteroatoms. The van der Waals surface area contributed by atoms with Crippen LogP contribution in [0.15, 0.2) is 24.3 Å². The second kappa shape index (κ2) is 6.21. The first-order valence-corrected chi connectivity index (χ1v) is 6.89. The van der Waals surface area contributed by atoms with Crippen molar-refractivity contribution < 1.29 is 4.74 Å². The van der Waals surface area contributed by atoms with Gasteiger partial charge in [-0.2, -0.15) is 0 Å². The minimum Gasteiger partial charge on any atom is -0.491 e. The van der Waals surface area contributed by atoms with Gasteiger partial charge >= 0.3 is 0 Å². The van der Waals surface area contributed by atoms with Crippen LogP contribution in [0.3, 0.4) is 0 Å². The third-order valence-electron chi connectivity index (χ3n) is 3.43. The normalized spacial score (nSPS) is 23.6. The van der Waals surface area contributed by atoms with E-state index in [1.54, 1.807) is 0 Å². The standard InChI is InChI=1S/C15H24N2O/c1-11(2)18-13-8-6-12(7-9-13)10-17-15-5-3-4-14(15)16/h6-9,11,14-15,17H,3-5,10,16H2,1-2H3. The van der Waals surface area contributed by atoms with Crippen molar-refractivity contribution in [1.82, 2.24) is 5.32 Å². The molecular weight excluding hydrogens is 224 g/mol. The molecule has 2 rings (SSSR count). The average Bonchev–Trinajstić information content (AvgIpc) is 2.73. The van der Waals surface area contributed by atoms with Crippen molar-refractivity contribution in [3.63, 3.8) is 0 Å². The fraction of sp³-hybridized carbons (Fsp3) is 0.600. The van der Waals surface area contributed by atoms with Crippen molar-refractivity contribution in [1.29, 1.82) is 0 Å². The maximum Gasteiger partial charge on any atom is 0.119 e. The second-order valence-electron chi connectivity index (χ2n) is 5.39. The van der Waals surface area contributed by atoms with E-state index in [-0.39, 0.29) is 6.10 Å². The van der Waals surface area contributed by atoms with Crippen LogP contribution < -0.4 is 15.8 Å². The monoisotopic (exact) mass is 248 g/mol. The Morgan fingerprint density at radius 1 is 1.28 bits per heavy atom. The molecule has 0 heterocycles. The zero-order valence-corrected chi connectivity index (χ0v) is 11.4. The predicted octanol–water partition coefficient (Wildman–Crippen LogP) is 2.44. The fourth-order valence-electron chi connectivity index (χ4n) is 2.45. The first-order chi connectivity index (χ1) is 8.65. The Morgan fingerprint density at radius 2 is 2.00 bits per heavy atom. The Bertz CT molecular complexity index is 361. The highest BCUT2D eigenvalue weighted by Crippen LogP contribution is 2.18. The molecule has 1 fully saturated rings. The molecule has 0 aliphatic heterocycles. The van der Waals surface area contributed by atoms with Gasteiger partial charge in [0, 0.05) is 18.6 Å². The lowest BCUT2D eigenvalue weighted by molar-refractivity contribution is 0.242. The summed E-state index contributed by atoms with van der Waals surface area (Å²) in [5.41, 5.74) is 7.32. The van der Waals surface area contributed by atoms with Crippen LogP contribution in [-0.2, 0) is 6.54 Å². The van der Waals surface area contributed by atoms with Gasteiger partial charge in [0.2, 0.25) is 0 Å². The number of hydrogen-bond donors (Lipinski definition) is 2. The van der Waals surface area contributed by atoms with Crippen molar-refractivity contribution in [2.45, 2.75) is 57.8 Å². The number of benzene rings is 1. The molecule has 0 spiro atoms. The lowest BCUT2D eigenvalue weighted by Crippen LogP contribution is -2.40. The third-order valence-corrected chi connectivity index (χ3v) is 3.43. The van der Waals surface area contributed by atoms with E-state index < -0.39 is 0 Å². The molecule has 1 aromatic rings. The molecule has 1 aliphatic rings. The van der Waals surface area contributed by atoms with Crippen LogP contribution >= 0.6 is 0 Å². The highest BCUT2D eigenvalue weighted by Gasteiger charge is 2.22. The summed E-state index contributed by atoms with van der Waals surface area (Å²) in [4.78, 5) is 0. The van der Waals surface area contributed by atoms with Crippen LogP contribution in [0.1, 0.15) is 38.7 Å². The van der Waals surface area contributed by atoms with E-state index in [1.165, 1.54) is 18.4 Å². The zero-order valence-electron chi connectivity index (χ0n) is 11.4. The largest absolute Gasteiger partial charge is 0.491 e. The molecule has 1 aliphatic carbocycles. The van der Waals surface area contributed by atoms with E-state index in [9.17, 15) is 0 Å². The summed E-state index contributed by atoms with van der Waals surface area (Å²) >= 11 is 0. The van der Waals surface area contributed by atoms with E-state index in [0.29, 0.717) is 12.1 Å². The number of rotatable bonds is 5. The van der Waals surface area contributed by atoms with Gasteiger partial charge in [0.15, 0.2) is 0 Å². The van der Waals surface area contributed by atoms with E-state index in [2.05, 4.69) is 17.4 Å². The summed E-state index contributed by atoms with van der Waals surface area (Å²) in [5, 5.41) is 3.54. The molecule has 0 bridgehead atoms. The Balaban J connectivity index is 1.82. The highest BCUT2D eigenvalue weighted by molar-refractivity contribution is 5.27. The van der Waals surface area contributed by atoms with Crippen molar-refractivity contribution in [3.05, 3.63) is 29.8 Å². The number of nitrogens with one attached hydrogen (secondary N) is 1. The van der Waals surface area contributed by atoms with Crippen LogP contribution in [0.25, 0.3) is 0 Å². The number of ether oxygens (including phenoxy) is 1. The number of hydrogen-bond acceptors (Lipinski definition) is 3. The van der Waals surface area contributed by atoms with Crippen molar-refractivity contribution in [3.8, 4) is 5.75 Å². The highest BCUT2D eigenvalue weighted by atomic mass is 16.5. The lowest BCUT2D eigenvalue weighted by atomic mass is 10.1. The Labute approximate surface area is 110 Å². The molecule has 2 atom stereocenters. The van der Waals surface area contributed by atoms with Gasteiger partial charge in [-0.3, -0.25) is 0 Å². The predicted molar refractivity (Wildman–Crippen MR) is 74.7 cm³/mol.